The second-order valence-corrected chi connectivity index (χ2v) is 2.39. The lowest BCUT2D eigenvalue weighted by Crippen LogP contribution is -2.01. The van der Waals surface area contributed by atoms with Crippen LogP contribution >= 0.6 is 0 Å². The fourth-order valence-electron chi connectivity index (χ4n) is 0.167. The van der Waals surface area contributed by atoms with Crippen molar-refractivity contribution in [3.63, 3.8) is 0 Å². The van der Waals surface area contributed by atoms with E-state index >= 15 is 0 Å². The van der Waals surface area contributed by atoms with Crippen LogP contribution in [0.25, 0.3) is 0 Å². The summed E-state index contributed by atoms with van der Waals surface area (Å²) in [4.78, 5) is 0. The predicted octanol–water partition coefficient (Wildman–Crippen LogP) is 1.64. The average Bonchev–Trinajstić information content (AvgIpc) is 2.52. The van der Waals surface area contributed by atoms with E-state index in [2.05, 4.69) is 19.2 Å². The summed E-state index contributed by atoms with van der Waals surface area (Å²) in [5.74, 6) is 1.08. The van der Waals surface area contributed by atoms with Gasteiger partial charge in [0.1, 0.15) is 0 Å². The standard InChI is InChI=1S/C4H8.C3H9N/c1-4-2-3-4;1-3-4-2/h4H,2-3H2,1H3;4H,3H2,1-2H3. The van der Waals surface area contributed by atoms with Crippen molar-refractivity contribution in [2.75, 3.05) is 13.6 Å². The van der Waals surface area contributed by atoms with Crippen molar-refractivity contribution in [3.05, 3.63) is 0 Å². The molecule has 1 N–H and O–H groups in total. The molecule has 0 saturated heterocycles. The van der Waals surface area contributed by atoms with E-state index in [1.54, 1.807) is 0 Å². The summed E-state index contributed by atoms with van der Waals surface area (Å²) in [6.45, 7) is 5.42. The van der Waals surface area contributed by atoms with E-state index in [1.165, 1.54) is 12.8 Å². The van der Waals surface area contributed by atoms with Crippen LogP contribution < -0.4 is 5.32 Å². The van der Waals surface area contributed by atoms with Gasteiger partial charge in [0.2, 0.25) is 0 Å². The van der Waals surface area contributed by atoms with Crippen molar-refractivity contribution in [1.29, 1.82) is 0 Å². The molecule has 0 amide bonds. The normalized spacial score (nSPS) is 16.9. The molecule has 8 heavy (non-hydrogen) atoms. The topological polar surface area (TPSA) is 12.0 Å². The Balaban J connectivity index is 0.000000122. The van der Waals surface area contributed by atoms with Gasteiger partial charge in [-0.25, -0.2) is 0 Å². The Morgan fingerprint density at radius 3 is 1.75 bits per heavy atom. The molecule has 0 aliphatic heterocycles. The molecule has 0 spiro atoms. The predicted molar refractivity (Wildman–Crippen MR) is 38.0 cm³/mol. The number of hydrogen-bond donors (Lipinski definition) is 1. The van der Waals surface area contributed by atoms with Gasteiger partial charge in [0.15, 0.2) is 0 Å². The Labute approximate surface area is 52.5 Å². The Bertz CT molecular complexity index is 37.7. The first-order valence-corrected chi connectivity index (χ1v) is 3.45. The molecule has 1 fully saturated rings. The van der Waals surface area contributed by atoms with Crippen LogP contribution in [0.4, 0.5) is 0 Å². The highest BCUT2D eigenvalue weighted by Gasteiger charge is 2.12. The van der Waals surface area contributed by atoms with Gasteiger partial charge in [0.25, 0.3) is 0 Å². The summed E-state index contributed by atoms with van der Waals surface area (Å²) in [5.41, 5.74) is 0. The summed E-state index contributed by atoms with van der Waals surface area (Å²) in [6.07, 6.45) is 2.97. The van der Waals surface area contributed by atoms with E-state index < -0.39 is 0 Å². The smallest absolute Gasteiger partial charge is 0.00804 e. The summed E-state index contributed by atoms with van der Waals surface area (Å²) < 4.78 is 0. The number of hydrogen-bond acceptors (Lipinski definition) is 1. The summed E-state index contributed by atoms with van der Waals surface area (Å²) >= 11 is 0. The quantitative estimate of drug-likeness (QED) is 0.548. The van der Waals surface area contributed by atoms with Crippen LogP contribution in [0.2, 0.25) is 0 Å². The lowest BCUT2D eigenvalue weighted by atomic mass is 10.5. The van der Waals surface area contributed by atoms with Crippen LogP contribution in [-0.2, 0) is 0 Å². The van der Waals surface area contributed by atoms with Gasteiger partial charge >= 0.3 is 0 Å². The average molecular weight is 115 g/mol. The molecule has 0 heterocycles. The Hall–Kier alpha value is -0.0400. The highest BCUT2D eigenvalue weighted by atomic mass is 14.8. The molecule has 50 valence electrons. The second kappa shape index (κ2) is 5.10. The molecule has 1 nitrogen and oxygen atoms in total. The van der Waals surface area contributed by atoms with Crippen molar-refractivity contribution in [3.8, 4) is 0 Å². The van der Waals surface area contributed by atoms with Crippen molar-refractivity contribution in [2.24, 2.45) is 5.92 Å². The lowest BCUT2D eigenvalue weighted by molar-refractivity contribution is 0.864. The van der Waals surface area contributed by atoms with Crippen LogP contribution in [0.15, 0.2) is 0 Å². The largest absolute Gasteiger partial charge is 0.320 e. The molecule has 0 radical (unpaired) electrons. The van der Waals surface area contributed by atoms with E-state index in [0.29, 0.717) is 0 Å². The maximum absolute atomic E-state index is 2.93. The van der Waals surface area contributed by atoms with Crippen molar-refractivity contribution in [2.45, 2.75) is 26.7 Å². The monoisotopic (exact) mass is 115 g/mol. The summed E-state index contributed by atoms with van der Waals surface area (Å²) in [6, 6.07) is 0. The molecule has 1 aliphatic carbocycles. The molecule has 1 heteroatoms. The molecule has 0 atom stereocenters. The van der Waals surface area contributed by atoms with E-state index in [-0.39, 0.29) is 0 Å². The van der Waals surface area contributed by atoms with E-state index in [0.717, 1.165) is 12.5 Å². The van der Waals surface area contributed by atoms with E-state index in [1.807, 2.05) is 7.05 Å². The first-order chi connectivity index (χ1) is 3.81. The molecule has 1 rings (SSSR count). The molecule has 1 saturated carbocycles. The number of nitrogens with one attached hydrogen (secondary N) is 1. The van der Waals surface area contributed by atoms with Crippen molar-refractivity contribution >= 4 is 0 Å². The Morgan fingerprint density at radius 2 is 1.75 bits per heavy atom. The van der Waals surface area contributed by atoms with Gasteiger partial charge in [-0.2, -0.15) is 0 Å². The van der Waals surface area contributed by atoms with E-state index in [4.69, 9.17) is 0 Å². The van der Waals surface area contributed by atoms with Gasteiger partial charge in [-0.05, 0) is 19.5 Å². The summed E-state index contributed by atoms with van der Waals surface area (Å²) in [7, 11) is 1.93. The Morgan fingerprint density at radius 1 is 1.50 bits per heavy atom. The van der Waals surface area contributed by atoms with Crippen molar-refractivity contribution < 1.29 is 0 Å². The SMILES string of the molecule is CC1CC1.CCNC. The zero-order valence-electron chi connectivity index (χ0n) is 6.20. The van der Waals surface area contributed by atoms with Crippen LogP contribution in [0, 0.1) is 5.92 Å². The Kier molecular flexibility index (Phi) is 5.08. The minimum absolute atomic E-state index is 1.07. The zero-order valence-corrected chi connectivity index (χ0v) is 6.20. The van der Waals surface area contributed by atoms with Crippen LogP contribution in [0.5, 0.6) is 0 Å². The fraction of sp³-hybridized carbons (Fsp3) is 1.00. The lowest BCUT2D eigenvalue weighted by Gasteiger charge is -1.76. The van der Waals surface area contributed by atoms with Crippen molar-refractivity contribution in [1.82, 2.24) is 5.32 Å². The van der Waals surface area contributed by atoms with Gasteiger partial charge in [0.05, 0.1) is 0 Å². The van der Waals surface area contributed by atoms with Crippen LogP contribution in [-0.4, -0.2) is 13.6 Å². The second-order valence-electron chi connectivity index (χ2n) is 2.39. The molecule has 0 aromatic carbocycles. The highest BCUT2D eigenvalue weighted by Crippen LogP contribution is 2.26. The first kappa shape index (κ1) is 7.96. The van der Waals surface area contributed by atoms with Gasteiger partial charge in [-0.3, -0.25) is 0 Å². The molecule has 0 aromatic rings. The molecule has 0 bridgehead atoms. The molecule has 1 aliphatic rings. The minimum Gasteiger partial charge on any atom is -0.320 e. The van der Waals surface area contributed by atoms with Gasteiger partial charge in [-0.1, -0.05) is 26.7 Å². The molecular formula is C7H17N. The maximum Gasteiger partial charge on any atom is -0.00804 e. The number of rotatable bonds is 1. The zero-order chi connectivity index (χ0) is 6.41. The van der Waals surface area contributed by atoms with Crippen LogP contribution in [0.1, 0.15) is 26.7 Å². The fourth-order valence-corrected chi connectivity index (χ4v) is 0.167. The minimum atomic E-state index is 1.07. The van der Waals surface area contributed by atoms with Gasteiger partial charge in [0, 0.05) is 0 Å². The van der Waals surface area contributed by atoms with Crippen LogP contribution in [0.3, 0.4) is 0 Å². The molecule has 0 aromatic heterocycles. The maximum atomic E-state index is 2.93. The van der Waals surface area contributed by atoms with Gasteiger partial charge < -0.3 is 5.32 Å². The highest BCUT2D eigenvalue weighted by molar-refractivity contribution is 4.65. The van der Waals surface area contributed by atoms with Gasteiger partial charge in [-0.15, -0.1) is 0 Å². The first-order valence-electron chi connectivity index (χ1n) is 3.45. The third-order valence-electron chi connectivity index (χ3n) is 1.22. The summed E-state index contributed by atoms with van der Waals surface area (Å²) in [5, 5.41) is 2.93. The van der Waals surface area contributed by atoms with E-state index in [9.17, 15) is 0 Å². The molecule has 0 unspecified atom stereocenters. The third kappa shape index (κ3) is 9.35. The third-order valence-corrected chi connectivity index (χ3v) is 1.22. The molecular weight excluding hydrogens is 98.1 g/mol.